The van der Waals surface area contributed by atoms with Crippen LogP contribution >= 0.6 is 0 Å². The Bertz CT molecular complexity index is 691. The Balaban J connectivity index is 2.21. The Labute approximate surface area is 120 Å². The maximum atomic E-state index is 11.6. The van der Waals surface area contributed by atoms with Crippen LogP contribution in [0.4, 0.5) is 0 Å². The zero-order valence-electron chi connectivity index (χ0n) is 11.7. The van der Waals surface area contributed by atoms with E-state index in [2.05, 4.69) is 24.3 Å². The Morgan fingerprint density at radius 1 is 1.10 bits per heavy atom. The molecular formula is C16H19NO2S. The Kier molecular flexibility index (Phi) is 4.26. The van der Waals surface area contributed by atoms with Gasteiger partial charge in [0.25, 0.3) is 0 Å². The molecule has 3 nitrogen and oxygen atoms in total. The molecule has 2 N–H and O–H groups in total. The predicted octanol–water partition coefficient (Wildman–Crippen LogP) is 2.64. The van der Waals surface area contributed by atoms with Gasteiger partial charge in [-0.15, -0.1) is 0 Å². The first kappa shape index (κ1) is 14.8. The van der Waals surface area contributed by atoms with Gasteiger partial charge < -0.3 is 5.73 Å². The van der Waals surface area contributed by atoms with E-state index >= 15 is 0 Å². The highest BCUT2D eigenvalue weighted by atomic mass is 32.2. The zero-order chi connectivity index (χ0) is 14.8. The SMILES string of the molecule is Cc1ccc(CC(N)c2cccc(S(C)(=O)=O)c2)cc1. The van der Waals surface area contributed by atoms with E-state index in [9.17, 15) is 8.42 Å². The van der Waals surface area contributed by atoms with Crippen LogP contribution in [0.1, 0.15) is 22.7 Å². The van der Waals surface area contributed by atoms with Gasteiger partial charge in [0.05, 0.1) is 4.90 Å². The third-order valence-corrected chi connectivity index (χ3v) is 4.40. The molecule has 0 bridgehead atoms. The molecule has 106 valence electrons. The van der Waals surface area contributed by atoms with Gasteiger partial charge in [0.1, 0.15) is 0 Å². The fraction of sp³-hybridized carbons (Fsp3) is 0.250. The molecule has 1 unspecified atom stereocenters. The van der Waals surface area contributed by atoms with E-state index in [4.69, 9.17) is 5.73 Å². The number of aryl methyl sites for hydroxylation is 1. The van der Waals surface area contributed by atoms with E-state index in [-0.39, 0.29) is 6.04 Å². The molecule has 0 aliphatic heterocycles. The minimum Gasteiger partial charge on any atom is -0.324 e. The molecular weight excluding hydrogens is 270 g/mol. The number of nitrogens with two attached hydrogens (primary N) is 1. The largest absolute Gasteiger partial charge is 0.324 e. The van der Waals surface area contributed by atoms with Crippen LogP contribution in [0.2, 0.25) is 0 Å². The van der Waals surface area contributed by atoms with E-state index in [0.29, 0.717) is 11.3 Å². The number of rotatable bonds is 4. The van der Waals surface area contributed by atoms with E-state index in [1.807, 2.05) is 13.0 Å². The van der Waals surface area contributed by atoms with Crippen LogP contribution in [0.3, 0.4) is 0 Å². The maximum Gasteiger partial charge on any atom is 0.175 e. The summed E-state index contributed by atoms with van der Waals surface area (Å²) in [7, 11) is -3.19. The van der Waals surface area contributed by atoms with Crippen molar-refractivity contribution in [1.82, 2.24) is 0 Å². The standard InChI is InChI=1S/C16H19NO2S/c1-12-6-8-13(9-7-12)10-16(17)14-4-3-5-15(11-14)20(2,18)19/h3-9,11,16H,10,17H2,1-2H3. The van der Waals surface area contributed by atoms with Gasteiger partial charge in [0.2, 0.25) is 0 Å². The lowest BCUT2D eigenvalue weighted by atomic mass is 9.99. The smallest absolute Gasteiger partial charge is 0.175 e. The topological polar surface area (TPSA) is 60.2 Å². The van der Waals surface area contributed by atoms with E-state index < -0.39 is 9.84 Å². The second kappa shape index (κ2) is 5.77. The lowest BCUT2D eigenvalue weighted by molar-refractivity contribution is 0.601. The van der Waals surface area contributed by atoms with Gasteiger partial charge in [0.15, 0.2) is 9.84 Å². The molecule has 0 aliphatic rings. The molecule has 4 heteroatoms. The molecule has 0 fully saturated rings. The van der Waals surface area contributed by atoms with Gasteiger partial charge in [0, 0.05) is 12.3 Å². The normalized spacial score (nSPS) is 13.2. The third kappa shape index (κ3) is 3.68. The molecule has 20 heavy (non-hydrogen) atoms. The lowest BCUT2D eigenvalue weighted by Gasteiger charge is -2.13. The van der Waals surface area contributed by atoms with Crippen molar-refractivity contribution in [1.29, 1.82) is 0 Å². The van der Waals surface area contributed by atoms with Gasteiger partial charge in [-0.1, -0.05) is 42.0 Å². The first-order valence-corrected chi connectivity index (χ1v) is 8.36. The molecule has 0 aromatic heterocycles. The minimum atomic E-state index is -3.19. The van der Waals surface area contributed by atoms with Gasteiger partial charge in [-0.2, -0.15) is 0 Å². The first-order chi connectivity index (χ1) is 9.36. The van der Waals surface area contributed by atoms with Gasteiger partial charge in [-0.3, -0.25) is 0 Å². The molecule has 1 atom stereocenters. The zero-order valence-corrected chi connectivity index (χ0v) is 12.5. The highest BCUT2D eigenvalue weighted by Gasteiger charge is 2.12. The second-order valence-corrected chi connectivity index (χ2v) is 7.16. The molecule has 0 amide bonds. The fourth-order valence-electron chi connectivity index (χ4n) is 2.07. The number of hydrogen-bond acceptors (Lipinski definition) is 3. The van der Waals surface area contributed by atoms with Gasteiger partial charge >= 0.3 is 0 Å². The molecule has 0 saturated heterocycles. The van der Waals surface area contributed by atoms with Crippen molar-refractivity contribution in [2.45, 2.75) is 24.3 Å². The van der Waals surface area contributed by atoms with Crippen LogP contribution in [0.5, 0.6) is 0 Å². The van der Waals surface area contributed by atoms with Crippen molar-refractivity contribution in [2.24, 2.45) is 5.73 Å². The number of sulfone groups is 1. The van der Waals surface area contributed by atoms with Crippen LogP contribution in [0.25, 0.3) is 0 Å². The van der Waals surface area contributed by atoms with Crippen LogP contribution in [0.15, 0.2) is 53.4 Å². The summed E-state index contributed by atoms with van der Waals surface area (Å²) in [6.45, 7) is 2.04. The van der Waals surface area contributed by atoms with Crippen molar-refractivity contribution in [3.63, 3.8) is 0 Å². The van der Waals surface area contributed by atoms with Crippen molar-refractivity contribution >= 4 is 9.84 Å². The highest BCUT2D eigenvalue weighted by Crippen LogP contribution is 2.19. The van der Waals surface area contributed by atoms with E-state index in [1.54, 1.807) is 18.2 Å². The van der Waals surface area contributed by atoms with E-state index in [1.165, 1.54) is 11.8 Å². The lowest BCUT2D eigenvalue weighted by Crippen LogP contribution is -2.14. The summed E-state index contributed by atoms with van der Waals surface area (Å²) < 4.78 is 23.1. The average Bonchev–Trinajstić information content (AvgIpc) is 2.40. The average molecular weight is 289 g/mol. The quantitative estimate of drug-likeness (QED) is 0.941. The summed E-state index contributed by atoms with van der Waals surface area (Å²) in [5.41, 5.74) is 9.38. The monoisotopic (exact) mass is 289 g/mol. The predicted molar refractivity (Wildman–Crippen MR) is 81.4 cm³/mol. The van der Waals surface area contributed by atoms with Crippen LogP contribution in [-0.2, 0) is 16.3 Å². The van der Waals surface area contributed by atoms with Crippen LogP contribution < -0.4 is 5.73 Å². The summed E-state index contributed by atoms with van der Waals surface area (Å²) in [5, 5.41) is 0. The Morgan fingerprint density at radius 3 is 2.35 bits per heavy atom. The Hall–Kier alpha value is -1.65. The van der Waals surface area contributed by atoms with Crippen LogP contribution in [0, 0.1) is 6.92 Å². The summed E-state index contributed by atoms with van der Waals surface area (Å²) in [6.07, 6.45) is 1.89. The molecule has 0 heterocycles. The van der Waals surface area contributed by atoms with Gasteiger partial charge in [-0.25, -0.2) is 8.42 Å². The Morgan fingerprint density at radius 2 is 1.75 bits per heavy atom. The fourth-order valence-corrected chi connectivity index (χ4v) is 2.75. The molecule has 0 radical (unpaired) electrons. The summed E-state index contributed by atoms with van der Waals surface area (Å²) in [6, 6.07) is 14.9. The van der Waals surface area contributed by atoms with Crippen molar-refractivity contribution in [3.05, 3.63) is 65.2 Å². The van der Waals surface area contributed by atoms with Crippen molar-refractivity contribution < 1.29 is 8.42 Å². The van der Waals surface area contributed by atoms with E-state index in [0.717, 1.165) is 11.1 Å². The van der Waals surface area contributed by atoms with Gasteiger partial charge in [-0.05, 0) is 36.6 Å². The molecule has 2 aromatic carbocycles. The number of benzene rings is 2. The summed E-state index contributed by atoms with van der Waals surface area (Å²) in [4.78, 5) is 0.314. The molecule has 0 saturated carbocycles. The van der Waals surface area contributed by atoms with Crippen molar-refractivity contribution in [3.8, 4) is 0 Å². The minimum absolute atomic E-state index is 0.209. The molecule has 2 rings (SSSR count). The second-order valence-electron chi connectivity index (χ2n) is 5.14. The number of hydrogen-bond donors (Lipinski definition) is 1. The maximum absolute atomic E-state index is 11.6. The summed E-state index contributed by atoms with van der Waals surface area (Å²) in [5.74, 6) is 0. The van der Waals surface area contributed by atoms with Crippen LogP contribution in [-0.4, -0.2) is 14.7 Å². The molecule has 2 aromatic rings. The third-order valence-electron chi connectivity index (χ3n) is 3.29. The first-order valence-electron chi connectivity index (χ1n) is 6.47. The molecule has 0 spiro atoms. The summed E-state index contributed by atoms with van der Waals surface area (Å²) >= 11 is 0. The highest BCUT2D eigenvalue weighted by molar-refractivity contribution is 7.90. The molecule has 0 aliphatic carbocycles. The van der Waals surface area contributed by atoms with Crippen molar-refractivity contribution in [2.75, 3.05) is 6.26 Å².